The number of halogens is 2. The summed E-state index contributed by atoms with van der Waals surface area (Å²) in [6.07, 6.45) is 0.0628. The Morgan fingerprint density at radius 2 is 1.55 bits per heavy atom. The molecule has 9 nitrogen and oxygen atoms in total. The van der Waals surface area contributed by atoms with Gasteiger partial charge in [0.25, 0.3) is 0 Å². The summed E-state index contributed by atoms with van der Waals surface area (Å²) >= 11 is 0. The Bertz CT molecular complexity index is 1270. The Morgan fingerprint density at radius 3 is 2.07 bits per heavy atom. The lowest BCUT2D eigenvalue weighted by molar-refractivity contribution is -0.132. The highest BCUT2D eigenvalue weighted by molar-refractivity contribution is 7.88. The van der Waals surface area contributed by atoms with Crippen LogP contribution in [0.5, 0.6) is 0 Å². The molecular formula is C30H44F2N4O5S. The zero-order valence-corrected chi connectivity index (χ0v) is 26.0. The monoisotopic (exact) mass is 610 g/mol. The Kier molecular flexibility index (Phi) is 13.0. The summed E-state index contributed by atoms with van der Waals surface area (Å²) in [5.74, 6) is -2.49. The highest BCUT2D eigenvalue weighted by atomic mass is 32.2. The quantitative estimate of drug-likeness (QED) is 0.246. The molecule has 0 bridgehead atoms. The van der Waals surface area contributed by atoms with Crippen molar-refractivity contribution in [3.05, 3.63) is 71.3 Å². The van der Waals surface area contributed by atoms with Gasteiger partial charge in [0.15, 0.2) is 0 Å². The fourth-order valence-corrected chi connectivity index (χ4v) is 5.42. The fraction of sp³-hybridized carbons (Fsp3) is 0.533. The van der Waals surface area contributed by atoms with Gasteiger partial charge in [-0.25, -0.2) is 17.2 Å². The molecule has 42 heavy (non-hydrogen) atoms. The molecule has 2 amide bonds. The molecule has 0 aliphatic carbocycles. The number of carbonyl (C=O) groups is 2. The van der Waals surface area contributed by atoms with Gasteiger partial charge in [0.1, 0.15) is 17.7 Å². The Morgan fingerprint density at radius 1 is 0.952 bits per heavy atom. The minimum Gasteiger partial charge on any atom is -0.390 e. The van der Waals surface area contributed by atoms with Crippen LogP contribution in [0, 0.1) is 23.0 Å². The lowest BCUT2D eigenvalue weighted by atomic mass is 9.85. The first-order chi connectivity index (χ1) is 19.5. The summed E-state index contributed by atoms with van der Waals surface area (Å²) < 4.78 is 52.9. The van der Waals surface area contributed by atoms with Gasteiger partial charge in [-0.15, -0.1) is 0 Å². The van der Waals surface area contributed by atoms with Crippen molar-refractivity contribution in [3.8, 4) is 0 Å². The maximum absolute atomic E-state index is 13.6. The summed E-state index contributed by atoms with van der Waals surface area (Å²) in [5.41, 5.74) is 0.416. The highest BCUT2D eigenvalue weighted by Gasteiger charge is 2.36. The number of hydrogen-bond acceptors (Lipinski definition) is 6. The van der Waals surface area contributed by atoms with Crippen molar-refractivity contribution in [2.24, 2.45) is 11.3 Å². The van der Waals surface area contributed by atoms with Crippen molar-refractivity contribution in [3.63, 3.8) is 0 Å². The number of aliphatic hydroxyl groups is 1. The molecule has 0 radical (unpaired) electrons. The number of nitrogens with zero attached hydrogens (tertiary/aromatic N) is 1. The Balaban J connectivity index is 2.18. The second kappa shape index (κ2) is 15.5. The largest absolute Gasteiger partial charge is 0.390 e. The van der Waals surface area contributed by atoms with E-state index in [1.165, 1.54) is 4.31 Å². The molecule has 2 aromatic rings. The average Bonchev–Trinajstić information content (AvgIpc) is 2.85. The fourth-order valence-electron chi connectivity index (χ4n) is 4.43. The second-order valence-corrected chi connectivity index (χ2v) is 14.1. The molecule has 0 fully saturated rings. The molecule has 2 aromatic carbocycles. The van der Waals surface area contributed by atoms with Crippen molar-refractivity contribution in [2.45, 2.75) is 65.8 Å². The number of amides is 2. The third kappa shape index (κ3) is 12.1. The SMILES string of the molecule is CC(C)CN(CC(O)C(Cc1ccccc1)NC(=O)[C@@H](NC(=O)CNCc1cc(F)cc(F)c1)C(C)(C)C)S(C)(=O)=O. The lowest BCUT2D eigenvalue weighted by Crippen LogP contribution is -2.59. The molecule has 0 aliphatic heterocycles. The van der Waals surface area contributed by atoms with Crippen LogP contribution in [0.15, 0.2) is 48.5 Å². The standard InChI is InChI=1S/C30H44F2N4O5S/c1-20(2)18-36(42(6,40)41)19-26(37)25(14-21-10-8-7-9-11-21)34-29(39)28(30(3,4)5)35-27(38)17-33-16-22-12-23(31)15-24(32)13-22/h7-13,15,20,25-26,28,33,37H,14,16-19H2,1-6H3,(H,34,39)(H,35,38)/t25?,26?,28-/m1/s1. The maximum Gasteiger partial charge on any atom is 0.243 e. The Labute approximate surface area is 248 Å². The third-order valence-electron chi connectivity index (χ3n) is 6.49. The van der Waals surface area contributed by atoms with Crippen LogP contribution < -0.4 is 16.0 Å². The van der Waals surface area contributed by atoms with Crippen LogP contribution in [0.25, 0.3) is 0 Å². The molecule has 4 N–H and O–H groups in total. The van der Waals surface area contributed by atoms with Crippen molar-refractivity contribution in [1.82, 2.24) is 20.3 Å². The predicted octanol–water partition coefficient (Wildman–Crippen LogP) is 2.59. The molecule has 0 aromatic heterocycles. The molecule has 12 heteroatoms. The normalized spacial score (nSPS) is 14.5. The van der Waals surface area contributed by atoms with E-state index in [2.05, 4.69) is 16.0 Å². The minimum atomic E-state index is -3.62. The van der Waals surface area contributed by atoms with Crippen molar-refractivity contribution >= 4 is 21.8 Å². The second-order valence-electron chi connectivity index (χ2n) is 12.1. The van der Waals surface area contributed by atoms with Crippen LogP contribution in [-0.4, -0.2) is 73.7 Å². The molecule has 0 aliphatic rings. The van der Waals surface area contributed by atoms with E-state index in [0.29, 0.717) is 5.56 Å². The first-order valence-corrected chi connectivity index (χ1v) is 15.7. The number of rotatable bonds is 15. The molecule has 0 saturated heterocycles. The van der Waals surface area contributed by atoms with Gasteiger partial charge in [0, 0.05) is 25.7 Å². The van der Waals surface area contributed by atoms with Gasteiger partial charge in [-0.1, -0.05) is 65.0 Å². The van der Waals surface area contributed by atoms with Gasteiger partial charge in [-0.3, -0.25) is 9.59 Å². The van der Waals surface area contributed by atoms with Gasteiger partial charge in [-0.2, -0.15) is 4.31 Å². The van der Waals surface area contributed by atoms with Gasteiger partial charge >= 0.3 is 0 Å². The zero-order chi connectivity index (χ0) is 31.7. The topological polar surface area (TPSA) is 128 Å². The first-order valence-electron chi connectivity index (χ1n) is 13.9. The number of sulfonamides is 1. The average molecular weight is 611 g/mol. The maximum atomic E-state index is 13.6. The predicted molar refractivity (Wildman–Crippen MR) is 159 cm³/mol. The third-order valence-corrected chi connectivity index (χ3v) is 7.73. The van der Waals surface area contributed by atoms with Crippen LogP contribution in [0.1, 0.15) is 45.7 Å². The van der Waals surface area contributed by atoms with E-state index in [1.54, 1.807) is 20.8 Å². The van der Waals surface area contributed by atoms with Crippen molar-refractivity contribution in [2.75, 3.05) is 25.9 Å². The molecule has 0 spiro atoms. The molecule has 234 valence electrons. The molecule has 2 unspecified atom stereocenters. The van der Waals surface area contributed by atoms with Crippen molar-refractivity contribution in [1.29, 1.82) is 0 Å². The van der Waals surface area contributed by atoms with Crippen LogP contribution >= 0.6 is 0 Å². The van der Waals surface area contributed by atoms with E-state index in [4.69, 9.17) is 0 Å². The Hall–Kier alpha value is -2.93. The zero-order valence-electron chi connectivity index (χ0n) is 25.2. The van der Waals surface area contributed by atoms with Crippen LogP contribution in [0.4, 0.5) is 8.78 Å². The summed E-state index contributed by atoms with van der Waals surface area (Å²) in [6, 6.07) is 10.4. The number of benzene rings is 2. The van der Waals surface area contributed by atoms with E-state index in [1.807, 2.05) is 44.2 Å². The molecule has 0 heterocycles. The van der Waals surface area contributed by atoms with Crippen molar-refractivity contribution < 1.29 is 31.9 Å². The summed E-state index contributed by atoms with van der Waals surface area (Å²) in [4.78, 5) is 26.4. The molecule has 0 saturated carbocycles. The van der Waals surface area contributed by atoms with Crippen LogP contribution in [0.3, 0.4) is 0 Å². The molecular weight excluding hydrogens is 566 g/mol. The molecule has 3 atom stereocenters. The number of aliphatic hydroxyl groups excluding tert-OH is 1. The van der Waals surface area contributed by atoms with E-state index < -0.39 is 57.1 Å². The first kappa shape index (κ1) is 35.3. The van der Waals surface area contributed by atoms with Crippen LogP contribution in [0.2, 0.25) is 0 Å². The lowest BCUT2D eigenvalue weighted by Gasteiger charge is -2.34. The number of nitrogens with one attached hydrogen (secondary N) is 3. The highest BCUT2D eigenvalue weighted by Crippen LogP contribution is 2.20. The van der Waals surface area contributed by atoms with Gasteiger partial charge in [0.2, 0.25) is 21.8 Å². The number of hydrogen-bond donors (Lipinski definition) is 4. The van der Waals surface area contributed by atoms with E-state index in [-0.39, 0.29) is 38.5 Å². The molecule has 2 rings (SSSR count). The summed E-state index contributed by atoms with van der Waals surface area (Å²) in [6.45, 7) is 8.88. The van der Waals surface area contributed by atoms with Gasteiger partial charge in [-0.05, 0) is 41.0 Å². The smallest absolute Gasteiger partial charge is 0.243 e. The van der Waals surface area contributed by atoms with E-state index in [0.717, 1.165) is 30.0 Å². The van der Waals surface area contributed by atoms with Gasteiger partial charge < -0.3 is 21.1 Å². The van der Waals surface area contributed by atoms with E-state index in [9.17, 15) is 31.9 Å². The van der Waals surface area contributed by atoms with Gasteiger partial charge in [0.05, 0.1) is 24.9 Å². The number of carbonyl (C=O) groups excluding carboxylic acids is 2. The minimum absolute atomic E-state index is 0.0168. The summed E-state index contributed by atoms with van der Waals surface area (Å²) in [7, 11) is -3.62. The van der Waals surface area contributed by atoms with E-state index >= 15 is 0 Å². The van der Waals surface area contributed by atoms with Crippen LogP contribution in [-0.2, 0) is 32.6 Å². The summed E-state index contributed by atoms with van der Waals surface area (Å²) in [5, 5.41) is 19.6.